The Kier molecular flexibility index (Phi) is 6.28. The lowest BCUT2D eigenvalue weighted by Gasteiger charge is -2.10. The maximum absolute atomic E-state index is 13.2. The molecule has 0 radical (unpaired) electrons. The van der Waals surface area contributed by atoms with Crippen molar-refractivity contribution in [2.24, 2.45) is 0 Å². The van der Waals surface area contributed by atoms with Crippen LogP contribution >= 0.6 is 11.8 Å². The number of nitrogens with one attached hydrogen (secondary N) is 1. The summed E-state index contributed by atoms with van der Waals surface area (Å²) in [5, 5.41) is 16.4. The molecule has 26 heavy (non-hydrogen) atoms. The Balaban J connectivity index is 1.89. The minimum absolute atomic E-state index is 0.248. The molecule has 0 aliphatic carbocycles. The highest BCUT2D eigenvalue weighted by atomic mass is 32.2. The highest BCUT2D eigenvalue weighted by molar-refractivity contribution is 8.01. The quantitative estimate of drug-likeness (QED) is 0.335. The molecule has 0 spiro atoms. The molecule has 138 valence electrons. The molecule has 2 rings (SSSR count). The maximum Gasteiger partial charge on any atom is 0.321 e. The van der Waals surface area contributed by atoms with E-state index in [2.05, 4.69) is 10.5 Å². The molecule has 0 aliphatic rings. The van der Waals surface area contributed by atoms with E-state index < -0.39 is 39.3 Å². The number of nitrogens with zero attached hydrogens (tertiary/aromatic N) is 2. The van der Waals surface area contributed by atoms with Gasteiger partial charge < -0.3 is 14.6 Å². The molecule has 0 fully saturated rings. The van der Waals surface area contributed by atoms with Crippen molar-refractivity contribution < 1.29 is 28.2 Å². The molecule has 0 bridgehead atoms. The number of carbonyl (C=O) groups excluding carboxylic acids is 2. The highest BCUT2D eigenvalue weighted by Crippen LogP contribution is 2.28. The Morgan fingerprint density at radius 2 is 2.19 bits per heavy atom. The minimum Gasteiger partial charge on any atom is -0.418 e. The Hall–Kier alpha value is -2.95. The summed E-state index contributed by atoms with van der Waals surface area (Å²) in [4.78, 5) is 33.9. The van der Waals surface area contributed by atoms with E-state index in [0.717, 1.165) is 30.0 Å². The predicted octanol–water partition coefficient (Wildman–Crippen LogP) is 2.70. The molecule has 1 heterocycles. The number of aromatic nitrogens is 1. The van der Waals surface area contributed by atoms with Crippen molar-refractivity contribution in [1.82, 2.24) is 5.16 Å². The number of amides is 1. The fraction of sp³-hybridized carbons (Fsp3) is 0.267. The zero-order valence-electron chi connectivity index (χ0n) is 13.7. The van der Waals surface area contributed by atoms with Gasteiger partial charge in [0.1, 0.15) is 11.6 Å². The summed E-state index contributed by atoms with van der Waals surface area (Å²) in [5.41, 5.74) is -0.531. The lowest BCUT2D eigenvalue weighted by Crippen LogP contribution is -2.24. The van der Waals surface area contributed by atoms with Crippen LogP contribution in [-0.4, -0.2) is 33.0 Å². The Morgan fingerprint density at radius 1 is 1.46 bits per heavy atom. The first-order chi connectivity index (χ1) is 12.3. The summed E-state index contributed by atoms with van der Waals surface area (Å²) in [6.07, 6.45) is 0. The third-order valence-corrected chi connectivity index (χ3v) is 4.16. The number of nitro groups is 1. The van der Waals surface area contributed by atoms with Gasteiger partial charge in [0.2, 0.25) is 11.7 Å². The summed E-state index contributed by atoms with van der Waals surface area (Å²) < 4.78 is 22.9. The van der Waals surface area contributed by atoms with Crippen LogP contribution < -0.4 is 10.1 Å². The van der Waals surface area contributed by atoms with E-state index in [1.165, 1.54) is 6.07 Å². The van der Waals surface area contributed by atoms with Gasteiger partial charge >= 0.3 is 11.7 Å². The van der Waals surface area contributed by atoms with E-state index in [1.54, 1.807) is 13.8 Å². The first-order valence-electron chi connectivity index (χ1n) is 7.26. The van der Waals surface area contributed by atoms with E-state index in [0.29, 0.717) is 5.76 Å². The number of hydrogen-bond acceptors (Lipinski definition) is 8. The first kappa shape index (κ1) is 19.4. The molecular weight excluding hydrogens is 369 g/mol. The number of rotatable bonds is 7. The van der Waals surface area contributed by atoms with Crippen molar-refractivity contribution in [2.75, 3.05) is 11.1 Å². The van der Waals surface area contributed by atoms with Crippen LogP contribution in [0.2, 0.25) is 0 Å². The average molecular weight is 383 g/mol. The zero-order chi connectivity index (χ0) is 19.3. The molecular formula is C15H14FN3O6S. The van der Waals surface area contributed by atoms with Crippen LogP contribution in [-0.2, 0) is 9.59 Å². The van der Waals surface area contributed by atoms with Crippen LogP contribution in [0.1, 0.15) is 12.7 Å². The number of thioether (sulfide) groups is 1. The van der Waals surface area contributed by atoms with Crippen molar-refractivity contribution in [3.05, 3.63) is 46.0 Å². The predicted molar refractivity (Wildman–Crippen MR) is 90.5 cm³/mol. The van der Waals surface area contributed by atoms with E-state index >= 15 is 0 Å². The Bertz CT molecular complexity index is 841. The molecule has 1 unspecified atom stereocenters. The molecule has 1 amide bonds. The minimum atomic E-state index is -0.847. The van der Waals surface area contributed by atoms with Crippen LogP contribution in [0, 0.1) is 22.9 Å². The SMILES string of the molecule is Cc1cc(NC(=O)C(C)SCC(=O)Oc2cc(F)ccc2[N+](=O)[O-])no1. The number of aryl methyl sites for hydroxylation is 1. The molecule has 0 aliphatic heterocycles. The number of anilines is 1. The summed E-state index contributed by atoms with van der Waals surface area (Å²) >= 11 is 0.948. The molecule has 2 aromatic rings. The smallest absolute Gasteiger partial charge is 0.321 e. The van der Waals surface area contributed by atoms with Gasteiger partial charge in [-0.25, -0.2) is 4.39 Å². The van der Waals surface area contributed by atoms with Crippen LogP contribution in [0.5, 0.6) is 5.75 Å². The molecule has 0 saturated carbocycles. The molecule has 1 atom stereocenters. The topological polar surface area (TPSA) is 125 Å². The number of esters is 1. The molecule has 9 nitrogen and oxygen atoms in total. The van der Waals surface area contributed by atoms with Crippen LogP contribution in [0.3, 0.4) is 0 Å². The Labute approximate surface area is 151 Å². The fourth-order valence-electron chi connectivity index (χ4n) is 1.79. The van der Waals surface area contributed by atoms with Gasteiger partial charge in [-0.3, -0.25) is 19.7 Å². The number of carbonyl (C=O) groups is 2. The van der Waals surface area contributed by atoms with Crippen molar-refractivity contribution in [3.63, 3.8) is 0 Å². The van der Waals surface area contributed by atoms with E-state index in [-0.39, 0.29) is 11.6 Å². The molecule has 0 saturated heterocycles. The summed E-state index contributed by atoms with van der Waals surface area (Å²) in [7, 11) is 0. The largest absolute Gasteiger partial charge is 0.418 e. The fourth-order valence-corrected chi connectivity index (χ4v) is 2.45. The van der Waals surface area contributed by atoms with Gasteiger partial charge in [-0.1, -0.05) is 5.16 Å². The zero-order valence-corrected chi connectivity index (χ0v) is 14.5. The van der Waals surface area contributed by atoms with Crippen molar-refractivity contribution in [3.8, 4) is 5.75 Å². The lowest BCUT2D eigenvalue weighted by atomic mass is 10.3. The lowest BCUT2D eigenvalue weighted by molar-refractivity contribution is -0.385. The van der Waals surface area contributed by atoms with Crippen molar-refractivity contribution >= 4 is 35.1 Å². The average Bonchev–Trinajstić information content (AvgIpc) is 2.97. The van der Waals surface area contributed by atoms with Crippen LogP contribution in [0.25, 0.3) is 0 Å². The van der Waals surface area contributed by atoms with Gasteiger partial charge in [0.05, 0.1) is 15.9 Å². The third kappa shape index (κ3) is 5.28. The van der Waals surface area contributed by atoms with Gasteiger partial charge in [-0.2, -0.15) is 0 Å². The number of nitro benzene ring substituents is 1. The van der Waals surface area contributed by atoms with E-state index in [1.807, 2.05) is 0 Å². The molecule has 1 N–H and O–H groups in total. The van der Waals surface area contributed by atoms with Gasteiger partial charge in [0.15, 0.2) is 5.82 Å². The van der Waals surface area contributed by atoms with Gasteiger partial charge in [-0.15, -0.1) is 11.8 Å². The second-order valence-electron chi connectivity index (χ2n) is 5.11. The first-order valence-corrected chi connectivity index (χ1v) is 8.31. The highest BCUT2D eigenvalue weighted by Gasteiger charge is 2.21. The van der Waals surface area contributed by atoms with Crippen molar-refractivity contribution in [1.29, 1.82) is 0 Å². The standard InChI is InChI=1S/C15H14FN3O6S/c1-8-5-13(18-25-8)17-15(21)9(2)26-7-14(20)24-12-6-10(16)3-4-11(12)19(22)23/h3-6,9H,7H2,1-2H3,(H,17,18,21). The molecule has 1 aromatic heterocycles. The number of benzene rings is 1. The number of halogens is 1. The van der Waals surface area contributed by atoms with Crippen LogP contribution in [0.15, 0.2) is 28.8 Å². The van der Waals surface area contributed by atoms with Crippen molar-refractivity contribution in [2.45, 2.75) is 19.1 Å². The van der Waals surface area contributed by atoms with Gasteiger partial charge in [0, 0.05) is 18.2 Å². The number of hydrogen-bond donors (Lipinski definition) is 1. The number of ether oxygens (including phenoxy) is 1. The summed E-state index contributed by atoms with van der Waals surface area (Å²) in [6, 6.07) is 4.08. The maximum atomic E-state index is 13.2. The summed E-state index contributed by atoms with van der Waals surface area (Å²) in [6.45, 7) is 3.23. The van der Waals surface area contributed by atoms with E-state index in [9.17, 15) is 24.1 Å². The third-order valence-electron chi connectivity index (χ3n) is 3.04. The molecule has 1 aromatic carbocycles. The Morgan fingerprint density at radius 3 is 2.81 bits per heavy atom. The second-order valence-corrected chi connectivity index (χ2v) is 6.44. The summed E-state index contributed by atoms with van der Waals surface area (Å²) in [5.74, 6) is -2.01. The molecule has 11 heteroatoms. The van der Waals surface area contributed by atoms with Crippen LogP contribution in [0.4, 0.5) is 15.9 Å². The van der Waals surface area contributed by atoms with Gasteiger partial charge in [-0.05, 0) is 19.9 Å². The van der Waals surface area contributed by atoms with E-state index in [4.69, 9.17) is 9.26 Å². The monoisotopic (exact) mass is 383 g/mol. The van der Waals surface area contributed by atoms with Gasteiger partial charge in [0.25, 0.3) is 0 Å². The second kappa shape index (κ2) is 8.43. The normalized spacial score (nSPS) is 11.7.